The molecule has 9 heteroatoms. The summed E-state index contributed by atoms with van der Waals surface area (Å²) in [5, 5.41) is 32.3. The molecule has 1 aromatic carbocycles. The molecule has 2 bridgehead atoms. The predicted molar refractivity (Wildman–Crippen MR) is 140 cm³/mol. The van der Waals surface area contributed by atoms with Crippen LogP contribution in [0.3, 0.4) is 0 Å². The Labute approximate surface area is 224 Å². The Hall–Kier alpha value is -2.81. The molecule has 3 aliphatic rings. The number of likely N-dealkylation sites (tertiary alicyclic amines) is 1. The fourth-order valence-corrected chi connectivity index (χ4v) is 6.83. The molecule has 38 heavy (non-hydrogen) atoms. The predicted octanol–water partition coefficient (Wildman–Crippen LogP) is 3.04. The number of fused-ring (bicyclic) bond motifs is 2. The number of hydrogen-bond donors (Lipinski definition) is 4. The highest BCUT2D eigenvalue weighted by Crippen LogP contribution is 2.66. The number of phenols is 2. The number of hydrogen-bond acceptors (Lipinski definition) is 7. The molecule has 6 unspecified atom stereocenters. The number of aliphatic hydroxyl groups excluding tert-OH is 1. The second-order valence-electron chi connectivity index (χ2n) is 12.1. The van der Waals surface area contributed by atoms with E-state index in [1.807, 2.05) is 6.92 Å². The normalized spacial score (nSPS) is 29.2. The molecule has 4 rings (SSSR count). The fourth-order valence-electron chi connectivity index (χ4n) is 6.83. The fraction of sp³-hybridized carbons (Fsp3) is 0.690. The number of nitrogens with one attached hydrogen (secondary N) is 1. The van der Waals surface area contributed by atoms with Gasteiger partial charge >= 0.3 is 5.97 Å². The van der Waals surface area contributed by atoms with Gasteiger partial charge in [-0.1, -0.05) is 40.2 Å². The van der Waals surface area contributed by atoms with E-state index in [1.165, 1.54) is 23.1 Å². The van der Waals surface area contributed by atoms with Gasteiger partial charge in [-0.15, -0.1) is 0 Å². The summed E-state index contributed by atoms with van der Waals surface area (Å²) in [4.78, 5) is 41.2. The summed E-state index contributed by atoms with van der Waals surface area (Å²) in [6.45, 7) is 9.06. The molecular weight excluding hydrogens is 488 g/mol. The number of amides is 2. The first kappa shape index (κ1) is 28.2. The summed E-state index contributed by atoms with van der Waals surface area (Å²) in [5.74, 6) is -1.51. The molecule has 1 saturated heterocycles. The van der Waals surface area contributed by atoms with E-state index >= 15 is 0 Å². The minimum atomic E-state index is -1.45. The lowest BCUT2D eigenvalue weighted by Gasteiger charge is -2.39. The number of nitrogens with zero attached hydrogens (tertiary/aromatic N) is 1. The van der Waals surface area contributed by atoms with Crippen molar-refractivity contribution in [1.29, 1.82) is 0 Å². The van der Waals surface area contributed by atoms with Crippen molar-refractivity contribution >= 4 is 17.8 Å². The van der Waals surface area contributed by atoms with Gasteiger partial charge in [-0.25, -0.2) is 4.79 Å². The maximum Gasteiger partial charge on any atom is 0.329 e. The second kappa shape index (κ2) is 10.8. The van der Waals surface area contributed by atoms with Crippen molar-refractivity contribution in [3.05, 3.63) is 23.8 Å². The van der Waals surface area contributed by atoms with Crippen molar-refractivity contribution in [3.63, 3.8) is 0 Å². The molecule has 0 radical (unpaired) electrons. The Morgan fingerprint density at radius 3 is 2.50 bits per heavy atom. The van der Waals surface area contributed by atoms with Crippen molar-refractivity contribution in [1.82, 2.24) is 10.2 Å². The molecule has 1 heterocycles. The first-order valence-electron chi connectivity index (χ1n) is 13.9. The number of esters is 1. The average molecular weight is 531 g/mol. The molecule has 1 aliphatic heterocycles. The number of rotatable bonds is 9. The first-order chi connectivity index (χ1) is 17.9. The third-order valence-corrected chi connectivity index (χ3v) is 9.74. The Morgan fingerprint density at radius 1 is 1.16 bits per heavy atom. The van der Waals surface area contributed by atoms with E-state index in [4.69, 9.17) is 4.74 Å². The Balaban J connectivity index is 1.39. The zero-order valence-electron chi connectivity index (χ0n) is 22.9. The quantitative estimate of drug-likeness (QED) is 0.285. The minimum absolute atomic E-state index is 0.0656. The third-order valence-electron chi connectivity index (χ3n) is 9.74. The zero-order chi connectivity index (χ0) is 27.8. The second-order valence-corrected chi connectivity index (χ2v) is 12.1. The van der Waals surface area contributed by atoms with E-state index in [0.717, 1.165) is 19.3 Å². The monoisotopic (exact) mass is 530 g/mol. The van der Waals surface area contributed by atoms with E-state index < -0.39 is 24.1 Å². The highest BCUT2D eigenvalue weighted by atomic mass is 16.5. The number of carbonyl (C=O) groups is 3. The van der Waals surface area contributed by atoms with Crippen LogP contribution >= 0.6 is 0 Å². The molecule has 2 saturated carbocycles. The van der Waals surface area contributed by atoms with Crippen LogP contribution in [0, 0.1) is 16.7 Å². The molecule has 3 fully saturated rings. The molecule has 9 nitrogen and oxygen atoms in total. The Bertz CT molecular complexity index is 1070. The van der Waals surface area contributed by atoms with Gasteiger partial charge < -0.3 is 30.3 Å². The van der Waals surface area contributed by atoms with E-state index in [-0.39, 0.29) is 46.7 Å². The van der Waals surface area contributed by atoms with Gasteiger partial charge in [0.25, 0.3) is 0 Å². The molecule has 0 aromatic heterocycles. The number of ether oxygens (including phenoxy) is 1. The number of phenolic OH excluding ortho intramolecular Hbond substituents is 2. The maximum absolute atomic E-state index is 13.5. The van der Waals surface area contributed by atoms with Gasteiger partial charge in [-0.3, -0.25) is 9.59 Å². The van der Waals surface area contributed by atoms with Crippen LogP contribution in [0.5, 0.6) is 11.5 Å². The molecule has 4 N–H and O–H groups in total. The van der Waals surface area contributed by atoms with Gasteiger partial charge in [0.15, 0.2) is 11.5 Å². The summed E-state index contributed by atoms with van der Waals surface area (Å²) >= 11 is 0. The van der Waals surface area contributed by atoms with Gasteiger partial charge in [0.1, 0.15) is 24.3 Å². The van der Waals surface area contributed by atoms with Crippen LogP contribution in [-0.4, -0.2) is 68.8 Å². The van der Waals surface area contributed by atoms with Crippen molar-refractivity contribution in [2.45, 2.75) is 103 Å². The van der Waals surface area contributed by atoms with Crippen molar-refractivity contribution in [3.8, 4) is 11.5 Å². The van der Waals surface area contributed by atoms with E-state index in [0.29, 0.717) is 43.7 Å². The highest BCUT2D eigenvalue weighted by Gasteiger charge is 2.63. The van der Waals surface area contributed by atoms with Crippen LogP contribution < -0.4 is 5.32 Å². The molecule has 2 amide bonds. The van der Waals surface area contributed by atoms with Gasteiger partial charge in [-0.2, -0.15) is 0 Å². The Morgan fingerprint density at radius 2 is 1.89 bits per heavy atom. The standard InChI is InChI=1S/C29H42N2O7/c1-5-7-19(30-25(35)23(34)15-17-9-10-21(32)22(33)14-17)26(36)31-13-6-8-20(31)27(37)38-24-16-18-11-12-29(24,4)28(18,2)3/h9-10,14,18-20,23-24,32-34H,5-8,11-13,15-16H2,1-4H3,(H,30,35). The molecule has 6 atom stereocenters. The first-order valence-corrected chi connectivity index (χ1v) is 13.9. The van der Waals surface area contributed by atoms with Crippen LogP contribution in [0.2, 0.25) is 0 Å². The van der Waals surface area contributed by atoms with Crippen molar-refractivity contribution in [2.24, 2.45) is 16.7 Å². The van der Waals surface area contributed by atoms with Crippen LogP contribution in [0.15, 0.2) is 18.2 Å². The van der Waals surface area contributed by atoms with Gasteiger partial charge in [0, 0.05) is 18.4 Å². The summed E-state index contributed by atoms with van der Waals surface area (Å²) < 4.78 is 6.09. The summed E-state index contributed by atoms with van der Waals surface area (Å²) in [5.41, 5.74) is 0.504. The van der Waals surface area contributed by atoms with Gasteiger partial charge in [-0.05, 0) is 67.6 Å². The van der Waals surface area contributed by atoms with E-state index in [2.05, 4.69) is 26.1 Å². The van der Waals surface area contributed by atoms with Crippen LogP contribution in [-0.2, 0) is 25.5 Å². The number of aromatic hydroxyl groups is 2. The summed E-state index contributed by atoms with van der Waals surface area (Å²) in [6.07, 6.45) is 3.56. The largest absolute Gasteiger partial charge is 0.504 e. The van der Waals surface area contributed by atoms with Gasteiger partial charge in [0.2, 0.25) is 11.8 Å². The lowest BCUT2D eigenvalue weighted by Crippen LogP contribution is -2.54. The van der Waals surface area contributed by atoms with Crippen molar-refractivity contribution < 1.29 is 34.4 Å². The van der Waals surface area contributed by atoms with Crippen LogP contribution in [0.25, 0.3) is 0 Å². The summed E-state index contributed by atoms with van der Waals surface area (Å²) in [7, 11) is 0. The van der Waals surface area contributed by atoms with Gasteiger partial charge in [0.05, 0.1) is 0 Å². The number of benzene rings is 1. The van der Waals surface area contributed by atoms with Crippen LogP contribution in [0.4, 0.5) is 0 Å². The average Bonchev–Trinajstić information content (AvgIpc) is 3.49. The number of carbonyl (C=O) groups excluding carboxylic acids is 3. The highest BCUT2D eigenvalue weighted by molar-refractivity contribution is 5.92. The third kappa shape index (κ3) is 5.09. The SMILES string of the molecule is CCCC(NC(=O)C(O)Cc1ccc(O)c(O)c1)C(=O)N1CCCC1C(=O)OC1CC2CCC1(C)C2(C)C. The van der Waals surface area contributed by atoms with E-state index in [1.54, 1.807) is 0 Å². The molecule has 210 valence electrons. The zero-order valence-corrected chi connectivity index (χ0v) is 22.9. The molecule has 2 aliphatic carbocycles. The topological polar surface area (TPSA) is 136 Å². The maximum atomic E-state index is 13.5. The van der Waals surface area contributed by atoms with E-state index in [9.17, 15) is 29.7 Å². The smallest absolute Gasteiger partial charge is 0.329 e. The Kier molecular flexibility index (Phi) is 7.98. The summed E-state index contributed by atoms with van der Waals surface area (Å²) in [6, 6.07) is 2.51. The number of aliphatic hydroxyl groups is 1. The molecular formula is C29H42N2O7. The lowest BCUT2D eigenvalue weighted by atomic mass is 9.70. The van der Waals surface area contributed by atoms with Crippen molar-refractivity contribution in [2.75, 3.05) is 6.54 Å². The lowest BCUT2D eigenvalue weighted by molar-refractivity contribution is -0.165. The van der Waals surface area contributed by atoms with Crippen LogP contribution in [0.1, 0.15) is 78.2 Å². The molecule has 0 spiro atoms. The minimum Gasteiger partial charge on any atom is -0.504 e. The molecule has 1 aromatic rings.